The number of hydrogen-bond donors (Lipinski definition) is 1. The van der Waals surface area contributed by atoms with Crippen molar-refractivity contribution in [2.75, 3.05) is 6.54 Å². The van der Waals surface area contributed by atoms with Gasteiger partial charge in [0, 0.05) is 16.4 Å². The van der Waals surface area contributed by atoms with Crippen LogP contribution in [0.15, 0.2) is 28.7 Å². The molecule has 0 spiro atoms. The lowest BCUT2D eigenvalue weighted by Crippen LogP contribution is -2.48. The van der Waals surface area contributed by atoms with Crippen LogP contribution in [0.2, 0.25) is 0 Å². The fourth-order valence-corrected chi connectivity index (χ4v) is 3.51. The number of rotatable bonds is 3. The monoisotopic (exact) mass is 281 g/mol. The Balaban J connectivity index is 2.23. The second kappa shape index (κ2) is 4.50. The van der Waals surface area contributed by atoms with Crippen molar-refractivity contribution in [3.05, 3.63) is 34.3 Å². The second-order valence-electron chi connectivity index (χ2n) is 5.38. The molecule has 0 aromatic heterocycles. The van der Waals surface area contributed by atoms with Gasteiger partial charge in [-0.1, -0.05) is 48.0 Å². The molecule has 1 nitrogen and oxygen atoms in total. The van der Waals surface area contributed by atoms with Crippen molar-refractivity contribution in [3.8, 4) is 0 Å². The van der Waals surface area contributed by atoms with Crippen LogP contribution in [-0.2, 0) is 5.41 Å². The van der Waals surface area contributed by atoms with E-state index in [9.17, 15) is 0 Å². The number of nitrogens with two attached hydrogens (primary N) is 1. The van der Waals surface area contributed by atoms with Crippen LogP contribution < -0.4 is 5.73 Å². The molecule has 2 N–H and O–H groups in total. The lowest BCUT2D eigenvalue weighted by atomic mass is 9.56. The SMILES string of the molecule is CC(C)C1CC(CN)(c2ccccc2Br)C1. The predicted molar refractivity (Wildman–Crippen MR) is 72.4 cm³/mol. The Morgan fingerprint density at radius 1 is 1.38 bits per heavy atom. The Bertz CT molecular complexity index is 367. The highest BCUT2D eigenvalue weighted by Gasteiger charge is 2.46. The largest absolute Gasteiger partial charge is 0.330 e. The van der Waals surface area contributed by atoms with E-state index in [1.54, 1.807) is 0 Å². The molecule has 2 rings (SSSR count). The minimum Gasteiger partial charge on any atom is -0.330 e. The molecular formula is C14H20BrN. The van der Waals surface area contributed by atoms with Crippen molar-refractivity contribution in [2.45, 2.75) is 32.1 Å². The highest BCUT2D eigenvalue weighted by molar-refractivity contribution is 9.10. The van der Waals surface area contributed by atoms with E-state index in [1.807, 2.05) is 0 Å². The summed E-state index contributed by atoms with van der Waals surface area (Å²) in [7, 11) is 0. The van der Waals surface area contributed by atoms with Crippen LogP contribution >= 0.6 is 15.9 Å². The van der Waals surface area contributed by atoms with Crippen molar-refractivity contribution in [1.29, 1.82) is 0 Å². The molecule has 0 unspecified atom stereocenters. The van der Waals surface area contributed by atoms with Gasteiger partial charge < -0.3 is 5.73 Å². The molecule has 0 aliphatic heterocycles. The maximum absolute atomic E-state index is 6.01. The fraction of sp³-hybridized carbons (Fsp3) is 0.571. The highest BCUT2D eigenvalue weighted by atomic mass is 79.9. The van der Waals surface area contributed by atoms with Crippen molar-refractivity contribution < 1.29 is 0 Å². The molecule has 88 valence electrons. The van der Waals surface area contributed by atoms with Crippen molar-refractivity contribution in [2.24, 2.45) is 17.6 Å². The van der Waals surface area contributed by atoms with Crippen LogP contribution in [0.25, 0.3) is 0 Å². The zero-order valence-corrected chi connectivity index (χ0v) is 11.6. The Kier molecular flexibility index (Phi) is 3.41. The topological polar surface area (TPSA) is 26.0 Å². The Labute approximate surface area is 107 Å². The van der Waals surface area contributed by atoms with E-state index in [-0.39, 0.29) is 5.41 Å². The first-order chi connectivity index (χ1) is 7.59. The third kappa shape index (κ3) is 1.93. The molecule has 0 saturated heterocycles. The molecule has 0 radical (unpaired) electrons. The fourth-order valence-electron chi connectivity index (χ4n) is 2.80. The first kappa shape index (κ1) is 12.1. The number of benzene rings is 1. The third-order valence-electron chi connectivity index (χ3n) is 4.08. The van der Waals surface area contributed by atoms with Crippen LogP contribution in [0.3, 0.4) is 0 Å². The summed E-state index contributed by atoms with van der Waals surface area (Å²) in [5.74, 6) is 1.62. The van der Waals surface area contributed by atoms with E-state index in [4.69, 9.17) is 5.73 Å². The zero-order valence-electron chi connectivity index (χ0n) is 10.0. The molecule has 1 aromatic carbocycles. The quantitative estimate of drug-likeness (QED) is 0.898. The summed E-state index contributed by atoms with van der Waals surface area (Å²) < 4.78 is 1.21. The van der Waals surface area contributed by atoms with Crippen LogP contribution in [-0.4, -0.2) is 6.54 Å². The summed E-state index contributed by atoms with van der Waals surface area (Å²) in [6, 6.07) is 8.51. The van der Waals surface area contributed by atoms with Crippen LogP contribution in [0, 0.1) is 11.8 Å². The molecule has 0 bridgehead atoms. The molecular weight excluding hydrogens is 262 g/mol. The summed E-state index contributed by atoms with van der Waals surface area (Å²) >= 11 is 3.65. The summed E-state index contributed by atoms with van der Waals surface area (Å²) in [5, 5.41) is 0. The molecule has 1 aromatic rings. The first-order valence-electron chi connectivity index (χ1n) is 6.04. The Morgan fingerprint density at radius 2 is 2.00 bits per heavy atom. The maximum Gasteiger partial charge on any atom is 0.0213 e. The summed E-state index contributed by atoms with van der Waals surface area (Å²) in [5.41, 5.74) is 7.64. The van der Waals surface area contributed by atoms with E-state index >= 15 is 0 Å². The average molecular weight is 282 g/mol. The van der Waals surface area contributed by atoms with Gasteiger partial charge in [-0.2, -0.15) is 0 Å². The maximum atomic E-state index is 6.01. The number of halogens is 1. The van der Waals surface area contributed by atoms with E-state index in [0.717, 1.165) is 18.4 Å². The molecule has 0 amide bonds. The van der Waals surface area contributed by atoms with Gasteiger partial charge in [-0.25, -0.2) is 0 Å². The number of hydrogen-bond acceptors (Lipinski definition) is 1. The van der Waals surface area contributed by atoms with E-state index < -0.39 is 0 Å². The van der Waals surface area contributed by atoms with Crippen LogP contribution in [0.5, 0.6) is 0 Å². The van der Waals surface area contributed by atoms with Gasteiger partial charge in [0.1, 0.15) is 0 Å². The van der Waals surface area contributed by atoms with Gasteiger partial charge in [-0.3, -0.25) is 0 Å². The molecule has 1 saturated carbocycles. The zero-order chi connectivity index (χ0) is 11.8. The van der Waals surface area contributed by atoms with Gasteiger partial charge in [0.2, 0.25) is 0 Å². The summed E-state index contributed by atoms with van der Waals surface area (Å²) in [6.07, 6.45) is 2.48. The minimum atomic E-state index is 0.231. The van der Waals surface area contributed by atoms with Gasteiger partial charge in [0.25, 0.3) is 0 Å². The minimum absolute atomic E-state index is 0.231. The van der Waals surface area contributed by atoms with Gasteiger partial charge in [0.15, 0.2) is 0 Å². The van der Waals surface area contributed by atoms with Crippen molar-refractivity contribution >= 4 is 15.9 Å². The van der Waals surface area contributed by atoms with Gasteiger partial charge in [-0.15, -0.1) is 0 Å². The van der Waals surface area contributed by atoms with Gasteiger partial charge >= 0.3 is 0 Å². The van der Waals surface area contributed by atoms with E-state index in [0.29, 0.717) is 0 Å². The predicted octanol–water partition coefficient (Wildman–Crippen LogP) is 3.71. The highest BCUT2D eigenvalue weighted by Crippen LogP contribution is 2.51. The standard InChI is InChI=1S/C14H20BrN/c1-10(2)11-7-14(8-11,9-16)12-5-3-4-6-13(12)15/h3-6,10-11H,7-9,16H2,1-2H3. The van der Waals surface area contributed by atoms with Crippen LogP contribution in [0.1, 0.15) is 32.3 Å². The van der Waals surface area contributed by atoms with E-state index in [2.05, 4.69) is 54.0 Å². The Morgan fingerprint density at radius 3 is 2.50 bits per heavy atom. The lowest BCUT2D eigenvalue weighted by molar-refractivity contribution is 0.105. The second-order valence-corrected chi connectivity index (χ2v) is 6.23. The summed E-state index contributed by atoms with van der Waals surface area (Å²) in [4.78, 5) is 0. The first-order valence-corrected chi connectivity index (χ1v) is 6.83. The van der Waals surface area contributed by atoms with Gasteiger partial charge in [-0.05, 0) is 36.3 Å². The van der Waals surface area contributed by atoms with Crippen molar-refractivity contribution in [3.63, 3.8) is 0 Å². The van der Waals surface area contributed by atoms with E-state index in [1.165, 1.54) is 22.9 Å². The third-order valence-corrected chi connectivity index (χ3v) is 4.78. The normalized spacial score (nSPS) is 29.2. The Hall–Kier alpha value is -0.340. The summed E-state index contributed by atoms with van der Waals surface area (Å²) in [6.45, 7) is 5.38. The lowest BCUT2D eigenvalue weighted by Gasteiger charge is -2.50. The molecule has 1 aliphatic rings. The van der Waals surface area contributed by atoms with Crippen molar-refractivity contribution in [1.82, 2.24) is 0 Å². The molecule has 16 heavy (non-hydrogen) atoms. The molecule has 1 aliphatic carbocycles. The molecule has 0 atom stereocenters. The average Bonchev–Trinajstić information content (AvgIpc) is 2.19. The molecule has 0 heterocycles. The van der Waals surface area contributed by atoms with Crippen LogP contribution in [0.4, 0.5) is 0 Å². The smallest absolute Gasteiger partial charge is 0.0213 e. The van der Waals surface area contributed by atoms with Gasteiger partial charge in [0.05, 0.1) is 0 Å². The molecule has 2 heteroatoms. The molecule has 1 fully saturated rings.